The fourth-order valence-corrected chi connectivity index (χ4v) is 3.09. The molecule has 3 aromatic heterocycles. The number of nitrogens with one attached hydrogen (secondary N) is 1. The molecule has 6 heteroatoms. The monoisotopic (exact) mass is 311 g/mol. The molecule has 22 heavy (non-hydrogen) atoms. The Kier molecular flexibility index (Phi) is 3.23. The van der Waals surface area contributed by atoms with Gasteiger partial charge in [0.1, 0.15) is 5.76 Å². The number of nitrogens with zero attached hydrogens (tertiary/aromatic N) is 2. The van der Waals surface area contributed by atoms with Crippen LogP contribution in [0.5, 0.6) is 0 Å². The maximum absolute atomic E-state index is 5.66. The quantitative estimate of drug-likeness (QED) is 0.565. The van der Waals surface area contributed by atoms with Gasteiger partial charge in [-0.25, -0.2) is 9.97 Å². The number of aryl methyl sites for hydroxylation is 1. The number of H-pyrrole nitrogens is 1. The van der Waals surface area contributed by atoms with Crippen molar-refractivity contribution in [2.24, 2.45) is 0 Å². The number of benzene rings is 1. The van der Waals surface area contributed by atoms with Crippen LogP contribution in [-0.2, 0) is 5.75 Å². The van der Waals surface area contributed by atoms with Crippen molar-refractivity contribution in [3.63, 3.8) is 0 Å². The summed E-state index contributed by atoms with van der Waals surface area (Å²) in [5, 5.41) is 0.878. The molecule has 4 aromatic rings. The third kappa shape index (κ3) is 2.42. The van der Waals surface area contributed by atoms with Crippen molar-refractivity contribution in [3.8, 4) is 11.7 Å². The highest BCUT2D eigenvalue weighted by molar-refractivity contribution is 7.98. The summed E-state index contributed by atoms with van der Waals surface area (Å²) in [6, 6.07) is 11.6. The first kappa shape index (κ1) is 13.2. The molecule has 5 nitrogen and oxygen atoms in total. The number of aromatic amines is 1. The summed E-state index contributed by atoms with van der Waals surface area (Å²) in [4.78, 5) is 12.3. The molecule has 3 heterocycles. The van der Waals surface area contributed by atoms with Crippen LogP contribution >= 0.6 is 11.8 Å². The van der Waals surface area contributed by atoms with Gasteiger partial charge < -0.3 is 13.8 Å². The van der Waals surface area contributed by atoms with Gasteiger partial charge in [-0.3, -0.25) is 0 Å². The largest absolute Gasteiger partial charge is 0.459 e. The van der Waals surface area contributed by atoms with Gasteiger partial charge in [0.15, 0.2) is 10.9 Å². The van der Waals surface area contributed by atoms with Gasteiger partial charge in [-0.1, -0.05) is 23.9 Å². The van der Waals surface area contributed by atoms with Crippen molar-refractivity contribution in [1.82, 2.24) is 15.0 Å². The van der Waals surface area contributed by atoms with Crippen molar-refractivity contribution in [3.05, 3.63) is 54.1 Å². The first-order valence-corrected chi connectivity index (χ1v) is 7.86. The lowest BCUT2D eigenvalue weighted by Crippen LogP contribution is -1.85. The standard InChI is InChI=1S/C16H13N3O2S/c1-10-13(17-15(21-10)14-7-4-8-20-14)9-22-16-18-11-5-2-3-6-12(11)19-16/h2-8H,9H2,1H3,(H,18,19). The van der Waals surface area contributed by atoms with E-state index in [2.05, 4.69) is 15.0 Å². The van der Waals surface area contributed by atoms with E-state index < -0.39 is 0 Å². The fraction of sp³-hybridized carbons (Fsp3) is 0.125. The van der Waals surface area contributed by atoms with Crippen molar-refractivity contribution < 1.29 is 8.83 Å². The second-order valence-electron chi connectivity index (χ2n) is 4.85. The second kappa shape index (κ2) is 5.38. The number of hydrogen-bond acceptors (Lipinski definition) is 5. The van der Waals surface area contributed by atoms with Crippen LogP contribution in [0, 0.1) is 6.92 Å². The lowest BCUT2D eigenvalue weighted by molar-refractivity contribution is 0.500. The number of oxazole rings is 1. The van der Waals surface area contributed by atoms with Gasteiger partial charge in [0.2, 0.25) is 0 Å². The molecule has 0 aliphatic heterocycles. The number of furan rings is 1. The van der Waals surface area contributed by atoms with Gasteiger partial charge in [-0.05, 0) is 31.2 Å². The Morgan fingerprint density at radius 1 is 1.14 bits per heavy atom. The second-order valence-corrected chi connectivity index (χ2v) is 5.81. The third-order valence-corrected chi connectivity index (χ3v) is 4.22. The lowest BCUT2D eigenvalue weighted by Gasteiger charge is -1.94. The molecule has 0 radical (unpaired) electrons. The highest BCUT2D eigenvalue weighted by atomic mass is 32.2. The molecule has 0 unspecified atom stereocenters. The predicted molar refractivity (Wildman–Crippen MR) is 84.6 cm³/mol. The molecule has 1 N–H and O–H groups in total. The van der Waals surface area contributed by atoms with Crippen LogP contribution in [0.25, 0.3) is 22.7 Å². The van der Waals surface area contributed by atoms with Gasteiger partial charge in [0.05, 0.1) is 23.0 Å². The Morgan fingerprint density at radius 3 is 2.86 bits per heavy atom. The highest BCUT2D eigenvalue weighted by Crippen LogP contribution is 2.27. The first-order chi connectivity index (χ1) is 10.8. The summed E-state index contributed by atoms with van der Waals surface area (Å²) < 4.78 is 11.0. The lowest BCUT2D eigenvalue weighted by atomic mass is 10.3. The summed E-state index contributed by atoms with van der Waals surface area (Å²) in [7, 11) is 0. The van der Waals surface area contributed by atoms with Gasteiger partial charge in [0.25, 0.3) is 5.89 Å². The molecule has 110 valence electrons. The average Bonchev–Trinajstić information content (AvgIpc) is 3.24. The minimum atomic E-state index is 0.516. The molecule has 0 spiro atoms. The van der Waals surface area contributed by atoms with Crippen molar-refractivity contribution >= 4 is 22.8 Å². The molecule has 0 aliphatic carbocycles. The van der Waals surface area contributed by atoms with Gasteiger partial charge in [-0.2, -0.15) is 0 Å². The maximum atomic E-state index is 5.66. The van der Waals surface area contributed by atoms with E-state index in [1.165, 1.54) is 0 Å². The zero-order valence-electron chi connectivity index (χ0n) is 11.9. The summed E-state index contributed by atoms with van der Waals surface area (Å²) in [5.74, 6) is 2.65. The van der Waals surface area contributed by atoms with Crippen molar-refractivity contribution in [2.75, 3.05) is 0 Å². The van der Waals surface area contributed by atoms with E-state index in [1.54, 1.807) is 18.0 Å². The van der Waals surface area contributed by atoms with E-state index in [1.807, 2.05) is 43.3 Å². The van der Waals surface area contributed by atoms with E-state index in [0.29, 0.717) is 17.4 Å². The molecule has 4 rings (SSSR count). The number of hydrogen-bond donors (Lipinski definition) is 1. The van der Waals surface area contributed by atoms with Crippen LogP contribution in [0.2, 0.25) is 0 Å². The number of aromatic nitrogens is 3. The molecule has 0 saturated carbocycles. The third-order valence-electron chi connectivity index (χ3n) is 3.34. The van der Waals surface area contributed by atoms with E-state index in [-0.39, 0.29) is 0 Å². The summed E-state index contributed by atoms with van der Waals surface area (Å²) in [5.41, 5.74) is 2.91. The minimum Gasteiger partial charge on any atom is -0.459 e. The average molecular weight is 311 g/mol. The van der Waals surface area contributed by atoms with Crippen LogP contribution in [0.4, 0.5) is 0 Å². The van der Waals surface area contributed by atoms with Crippen LogP contribution in [0.3, 0.4) is 0 Å². The molecular weight excluding hydrogens is 298 g/mol. The van der Waals surface area contributed by atoms with Gasteiger partial charge in [-0.15, -0.1) is 0 Å². The molecule has 0 atom stereocenters. The van der Waals surface area contributed by atoms with E-state index in [0.717, 1.165) is 27.6 Å². The van der Waals surface area contributed by atoms with E-state index >= 15 is 0 Å². The highest BCUT2D eigenvalue weighted by Gasteiger charge is 2.14. The molecule has 0 bridgehead atoms. The van der Waals surface area contributed by atoms with Crippen LogP contribution in [0.1, 0.15) is 11.5 Å². The van der Waals surface area contributed by atoms with Gasteiger partial charge >= 0.3 is 0 Å². The van der Waals surface area contributed by atoms with Gasteiger partial charge in [0, 0.05) is 5.75 Å². The van der Waals surface area contributed by atoms with Crippen molar-refractivity contribution in [2.45, 2.75) is 17.8 Å². The SMILES string of the molecule is Cc1oc(-c2ccco2)nc1CSc1nc2ccccc2[nH]1. The Balaban J connectivity index is 1.54. The van der Waals surface area contributed by atoms with Crippen LogP contribution in [-0.4, -0.2) is 15.0 Å². The first-order valence-electron chi connectivity index (χ1n) is 6.87. The Bertz CT molecular complexity index is 876. The zero-order valence-corrected chi connectivity index (χ0v) is 12.7. The molecule has 0 aliphatic rings. The molecule has 0 fully saturated rings. The number of para-hydroxylation sites is 2. The molecule has 0 saturated heterocycles. The minimum absolute atomic E-state index is 0.516. The Labute approximate surface area is 130 Å². The van der Waals surface area contributed by atoms with E-state index in [4.69, 9.17) is 8.83 Å². The Morgan fingerprint density at radius 2 is 2.05 bits per heavy atom. The summed E-state index contributed by atoms with van der Waals surface area (Å²) >= 11 is 1.60. The number of rotatable bonds is 4. The van der Waals surface area contributed by atoms with Crippen LogP contribution in [0.15, 0.2) is 56.7 Å². The summed E-state index contributed by atoms with van der Waals surface area (Å²) in [6.45, 7) is 1.91. The summed E-state index contributed by atoms with van der Waals surface area (Å²) in [6.07, 6.45) is 1.61. The smallest absolute Gasteiger partial charge is 0.263 e. The maximum Gasteiger partial charge on any atom is 0.263 e. The van der Waals surface area contributed by atoms with Crippen molar-refractivity contribution in [1.29, 1.82) is 0 Å². The van der Waals surface area contributed by atoms with Crippen LogP contribution < -0.4 is 0 Å². The molecular formula is C16H13N3O2S. The zero-order chi connectivity index (χ0) is 14.9. The fourth-order valence-electron chi connectivity index (χ4n) is 2.20. The normalized spacial score (nSPS) is 11.3. The van der Waals surface area contributed by atoms with E-state index in [9.17, 15) is 0 Å². The number of thioether (sulfide) groups is 1. The Hall–Kier alpha value is -2.47. The molecule has 0 amide bonds. The number of fused-ring (bicyclic) bond motifs is 1. The number of imidazole rings is 1. The predicted octanol–water partition coefficient (Wildman–Crippen LogP) is 4.41. The molecule has 1 aromatic carbocycles. The topological polar surface area (TPSA) is 67.8 Å².